The number of rotatable bonds is 7. The summed E-state index contributed by atoms with van der Waals surface area (Å²) in [4.78, 5) is 28.1. The Morgan fingerprint density at radius 3 is 2.55 bits per heavy atom. The molecular weight excluding hydrogens is 362 g/mol. The van der Waals surface area contributed by atoms with Crippen LogP contribution in [0.15, 0.2) is 48.5 Å². The molecule has 29 heavy (non-hydrogen) atoms. The molecule has 5 nitrogen and oxygen atoms in total. The second kappa shape index (κ2) is 9.23. The summed E-state index contributed by atoms with van der Waals surface area (Å²) in [6, 6.07) is 16.0. The predicted molar refractivity (Wildman–Crippen MR) is 112 cm³/mol. The van der Waals surface area contributed by atoms with Crippen molar-refractivity contribution in [3.8, 4) is 0 Å². The van der Waals surface area contributed by atoms with Crippen LogP contribution < -0.4 is 10.2 Å². The summed E-state index contributed by atoms with van der Waals surface area (Å²) in [6.07, 6.45) is 4.19. The second-order valence-electron chi connectivity index (χ2n) is 8.20. The van der Waals surface area contributed by atoms with Crippen LogP contribution in [0.4, 0.5) is 0 Å². The van der Waals surface area contributed by atoms with Gasteiger partial charge in [0.25, 0.3) is 5.91 Å². The number of nitrogens with one attached hydrogen (secondary N) is 2. The van der Waals surface area contributed by atoms with Crippen LogP contribution in [-0.4, -0.2) is 36.3 Å². The van der Waals surface area contributed by atoms with E-state index >= 15 is 0 Å². The van der Waals surface area contributed by atoms with Crippen molar-refractivity contribution in [3.05, 3.63) is 70.8 Å². The summed E-state index contributed by atoms with van der Waals surface area (Å²) in [6.45, 7) is 5.45. The highest BCUT2D eigenvalue weighted by atomic mass is 16.2. The van der Waals surface area contributed by atoms with E-state index in [-0.39, 0.29) is 11.8 Å². The monoisotopic (exact) mass is 392 g/mol. The lowest BCUT2D eigenvalue weighted by molar-refractivity contribution is -0.901. The zero-order valence-electron chi connectivity index (χ0n) is 17.0. The SMILES string of the molecule is O=C(NCc1ccccc1C[NH+]1CCCC1)c1cccc(CN2CCCC2=O)c1. The molecule has 152 valence electrons. The lowest BCUT2D eigenvalue weighted by Gasteiger charge is -2.17. The molecule has 2 amide bonds. The van der Waals surface area contributed by atoms with Gasteiger partial charge in [0.2, 0.25) is 5.91 Å². The summed E-state index contributed by atoms with van der Waals surface area (Å²) < 4.78 is 0. The van der Waals surface area contributed by atoms with E-state index in [1.807, 2.05) is 35.2 Å². The third-order valence-corrected chi connectivity index (χ3v) is 6.04. The van der Waals surface area contributed by atoms with Crippen LogP contribution in [0, 0.1) is 0 Å². The third-order valence-electron chi connectivity index (χ3n) is 6.04. The Morgan fingerprint density at radius 1 is 1.00 bits per heavy atom. The number of hydrogen-bond acceptors (Lipinski definition) is 2. The minimum Gasteiger partial charge on any atom is -0.348 e. The van der Waals surface area contributed by atoms with Crippen molar-refractivity contribution in [2.45, 2.75) is 45.3 Å². The number of benzene rings is 2. The Balaban J connectivity index is 1.37. The Kier molecular flexibility index (Phi) is 6.25. The molecule has 2 fully saturated rings. The Bertz CT molecular complexity index is 874. The number of quaternary nitrogens is 1. The van der Waals surface area contributed by atoms with Crippen LogP contribution in [0.25, 0.3) is 0 Å². The van der Waals surface area contributed by atoms with Gasteiger partial charge >= 0.3 is 0 Å². The van der Waals surface area contributed by atoms with Gasteiger partial charge in [0.1, 0.15) is 6.54 Å². The van der Waals surface area contributed by atoms with E-state index in [1.54, 1.807) is 4.90 Å². The Labute approximate surface area is 172 Å². The third kappa shape index (κ3) is 5.04. The fourth-order valence-corrected chi connectivity index (χ4v) is 4.40. The maximum Gasteiger partial charge on any atom is 0.251 e. The van der Waals surface area contributed by atoms with E-state index in [4.69, 9.17) is 0 Å². The molecule has 0 aliphatic carbocycles. The smallest absolute Gasteiger partial charge is 0.251 e. The van der Waals surface area contributed by atoms with E-state index < -0.39 is 0 Å². The summed E-state index contributed by atoms with van der Waals surface area (Å²) in [7, 11) is 0. The molecule has 4 rings (SSSR count). The highest BCUT2D eigenvalue weighted by molar-refractivity contribution is 5.94. The first-order valence-electron chi connectivity index (χ1n) is 10.7. The van der Waals surface area contributed by atoms with Crippen LogP contribution in [0.3, 0.4) is 0 Å². The summed E-state index contributed by atoms with van der Waals surface area (Å²) in [5, 5.41) is 3.08. The van der Waals surface area contributed by atoms with E-state index in [0.717, 1.165) is 25.1 Å². The van der Waals surface area contributed by atoms with Gasteiger partial charge in [-0.2, -0.15) is 0 Å². The minimum atomic E-state index is -0.0667. The molecule has 2 saturated heterocycles. The number of amides is 2. The van der Waals surface area contributed by atoms with Crippen molar-refractivity contribution in [3.63, 3.8) is 0 Å². The van der Waals surface area contributed by atoms with Crippen LogP contribution in [0.1, 0.15) is 52.7 Å². The van der Waals surface area contributed by atoms with Gasteiger partial charge in [0, 0.05) is 50.0 Å². The van der Waals surface area contributed by atoms with Crippen LogP contribution in [0.2, 0.25) is 0 Å². The molecule has 0 bridgehead atoms. The first kappa shape index (κ1) is 19.6. The average Bonchev–Trinajstić information content (AvgIpc) is 3.39. The molecule has 2 aliphatic rings. The first-order valence-corrected chi connectivity index (χ1v) is 10.7. The number of likely N-dealkylation sites (tertiary alicyclic amines) is 2. The molecule has 0 spiro atoms. The van der Waals surface area contributed by atoms with Gasteiger partial charge in [-0.15, -0.1) is 0 Å². The Morgan fingerprint density at radius 2 is 1.79 bits per heavy atom. The first-order chi connectivity index (χ1) is 14.2. The zero-order chi connectivity index (χ0) is 20.1. The summed E-state index contributed by atoms with van der Waals surface area (Å²) in [5.41, 5.74) is 4.17. The quantitative estimate of drug-likeness (QED) is 0.756. The lowest BCUT2D eigenvalue weighted by Crippen LogP contribution is -3.08. The van der Waals surface area contributed by atoms with Crippen molar-refractivity contribution in [2.24, 2.45) is 0 Å². The van der Waals surface area contributed by atoms with Crippen LogP contribution in [0.5, 0.6) is 0 Å². The number of carbonyl (C=O) groups is 2. The maximum absolute atomic E-state index is 12.7. The van der Waals surface area contributed by atoms with Crippen molar-refractivity contribution < 1.29 is 14.5 Å². The molecule has 2 heterocycles. The molecule has 0 radical (unpaired) electrons. The molecule has 5 heteroatoms. The van der Waals surface area contributed by atoms with Gasteiger partial charge in [0.05, 0.1) is 13.1 Å². The molecule has 2 aromatic rings. The largest absolute Gasteiger partial charge is 0.348 e. The fourth-order valence-electron chi connectivity index (χ4n) is 4.40. The second-order valence-corrected chi connectivity index (χ2v) is 8.20. The van der Waals surface area contributed by atoms with Crippen LogP contribution >= 0.6 is 0 Å². The molecule has 2 aliphatic heterocycles. The number of nitrogens with zero attached hydrogens (tertiary/aromatic N) is 1. The molecule has 0 saturated carbocycles. The molecule has 2 aromatic carbocycles. The molecule has 0 unspecified atom stereocenters. The van der Waals surface area contributed by atoms with E-state index in [1.165, 1.54) is 37.1 Å². The Hall–Kier alpha value is -2.66. The average molecular weight is 393 g/mol. The summed E-state index contributed by atoms with van der Waals surface area (Å²) in [5.74, 6) is 0.138. The normalized spacial score (nSPS) is 17.1. The van der Waals surface area contributed by atoms with Gasteiger partial charge < -0.3 is 15.1 Å². The fraction of sp³-hybridized carbons (Fsp3) is 0.417. The highest BCUT2D eigenvalue weighted by Gasteiger charge is 2.20. The van der Waals surface area contributed by atoms with Crippen molar-refractivity contribution in [2.75, 3.05) is 19.6 Å². The van der Waals surface area contributed by atoms with Crippen molar-refractivity contribution in [1.82, 2.24) is 10.2 Å². The molecule has 0 atom stereocenters. The van der Waals surface area contributed by atoms with Crippen LogP contribution in [-0.2, 0) is 24.4 Å². The van der Waals surface area contributed by atoms with Gasteiger partial charge in [-0.05, 0) is 29.7 Å². The van der Waals surface area contributed by atoms with Gasteiger partial charge in [-0.1, -0.05) is 36.4 Å². The highest BCUT2D eigenvalue weighted by Crippen LogP contribution is 2.15. The zero-order valence-corrected chi connectivity index (χ0v) is 17.0. The molecular formula is C24H30N3O2+. The van der Waals surface area contributed by atoms with E-state index in [9.17, 15) is 9.59 Å². The molecule has 0 aromatic heterocycles. The van der Waals surface area contributed by atoms with Gasteiger partial charge in [-0.3, -0.25) is 9.59 Å². The molecule has 2 N–H and O–H groups in total. The standard InChI is InChI=1S/C24H29N3O2/c28-23-11-6-14-27(23)17-19-7-5-10-20(15-19)24(29)25-16-21-8-1-2-9-22(21)18-26-12-3-4-13-26/h1-2,5,7-10,15H,3-4,6,11-14,16-18H2,(H,25,29)/p+1. The van der Waals surface area contributed by atoms with E-state index in [2.05, 4.69) is 23.5 Å². The van der Waals surface area contributed by atoms with E-state index in [0.29, 0.717) is 25.1 Å². The van der Waals surface area contributed by atoms with Gasteiger partial charge in [0.15, 0.2) is 0 Å². The minimum absolute atomic E-state index is 0.0667. The summed E-state index contributed by atoms with van der Waals surface area (Å²) >= 11 is 0. The maximum atomic E-state index is 12.7. The van der Waals surface area contributed by atoms with Crippen molar-refractivity contribution >= 4 is 11.8 Å². The topological polar surface area (TPSA) is 53.9 Å². The van der Waals surface area contributed by atoms with Crippen molar-refractivity contribution in [1.29, 1.82) is 0 Å². The predicted octanol–water partition coefficient (Wildman–Crippen LogP) is 1.92. The number of hydrogen-bond donors (Lipinski definition) is 2. The van der Waals surface area contributed by atoms with Gasteiger partial charge in [-0.25, -0.2) is 0 Å². The lowest BCUT2D eigenvalue weighted by atomic mass is 10.1. The number of carbonyl (C=O) groups excluding carboxylic acids is 2.